The van der Waals surface area contributed by atoms with Gasteiger partial charge in [0.05, 0.1) is 24.5 Å². The lowest BCUT2D eigenvalue weighted by molar-refractivity contribution is 0.106. The number of nitriles is 1. The van der Waals surface area contributed by atoms with E-state index in [9.17, 15) is 0 Å². The lowest BCUT2D eigenvalue weighted by Gasteiger charge is -2.20. The average molecular weight is 151 g/mol. The summed E-state index contributed by atoms with van der Waals surface area (Å²) in [6, 6.07) is 1.90. The molecule has 1 aliphatic carbocycles. The number of allylic oxidation sites excluding steroid dienone is 1. The Labute approximate surface area is 67.5 Å². The molecule has 2 nitrogen and oxygen atoms in total. The summed E-state index contributed by atoms with van der Waals surface area (Å²) in [7, 11) is 0. The Hall–Kier alpha value is -0.970. The first-order valence-corrected chi connectivity index (χ1v) is 4.13. The van der Waals surface area contributed by atoms with E-state index in [1.165, 1.54) is 31.6 Å². The number of hydrogen-bond donors (Lipinski definition) is 0. The van der Waals surface area contributed by atoms with Crippen molar-refractivity contribution in [3.05, 3.63) is 12.3 Å². The molecule has 0 bridgehead atoms. The van der Waals surface area contributed by atoms with Crippen LogP contribution in [0.5, 0.6) is 0 Å². The SMILES string of the molecule is N#C/C=C/OC1CCCCC1. The molecule has 0 N–H and O–H groups in total. The fourth-order valence-corrected chi connectivity index (χ4v) is 1.38. The molecular weight excluding hydrogens is 138 g/mol. The molecule has 1 rings (SSSR count). The number of rotatable bonds is 2. The summed E-state index contributed by atoms with van der Waals surface area (Å²) in [5.74, 6) is 0. The molecule has 0 atom stereocenters. The van der Waals surface area contributed by atoms with Crippen LogP contribution in [0, 0.1) is 11.3 Å². The molecule has 0 saturated heterocycles. The third-order valence-electron chi connectivity index (χ3n) is 1.97. The summed E-state index contributed by atoms with van der Waals surface area (Å²) in [6.07, 6.45) is 9.43. The third kappa shape index (κ3) is 3.08. The predicted molar refractivity (Wildman–Crippen MR) is 42.7 cm³/mol. The van der Waals surface area contributed by atoms with Crippen molar-refractivity contribution in [2.45, 2.75) is 38.2 Å². The first-order valence-electron chi connectivity index (χ1n) is 4.13. The fraction of sp³-hybridized carbons (Fsp3) is 0.667. The van der Waals surface area contributed by atoms with Crippen molar-refractivity contribution in [3.8, 4) is 6.07 Å². The second-order valence-corrected chi connectivity index (χ2v) is 2.83. The van der Waals surface area contributed by atoms with Crippen molar-refractivity contribution < 1.29 is 4.74 Å². The van der Waals surface area contributed by atoms with E-state index in [1.807, 2.05) is 6.07 Å². The van der Waals surface area contributed by atoms with Crippen molar-refractivity contribution in [2.24, 2.45) is 0 Å². The molecule has 0 aromatic carbocycles. The highest BCUT2D eigenvalue weighted by Crippen LogP contribution is 2.20. The van der Waals surface area contributed by atoms with Gasteiger partial charge in [-0.1, -0.05) is 6.42 Å². The van der Waals surface area contributed by atoms with Gasteiger partial charge in [0.25, 0.3) is 0 Å². The summed E-state index contributed by atoms with van der Waals surface area (Å²) in [5, 5.41) is 8.18. The van der Waals surface area contributed by atoms with Gasteiger partial charge in [0.15, 0.2) is 0 Å². The molecule has 1 saturated carbocycles. The van der Waals surface area contributed by atoms with Gasteiger partial charge in [0.2, 0.25) is 0 Å². The van der Waals surface area contributed by atoms with E-state index in [4.69, 9.17) is 10.00 Å². The summed E-state index contributed by atoms with van der Waals surface area (Å²) >= 11 is 0. The van der Waals surface area contributed by atoms with Crippen molar-refractivity contribution >= 4 is 0 Å². The zero-order valence-corrected chi connectivity index (χ0v) is 6.62. The topological polar surface area (TPSA) is 33.0 Å². The zero-order valence-electron chi connectivity index (χ0n) is 6.62. The maximum Gasteiger partial charge on any atom is 0.0978 e. The van der Waals surface area contributed by atoms with Gasteiger partial charge < -0.3 is 4.74 Å². The minimum absolute atomic E-state index is 0.369. The first kappa shape index (κ1) is 8.13. The van der Waals surface area contributed by atoms with Crippen LogP contribution in [0.3, 0.4) is 0 Å². The first-order chi connectivity index (χ1) is 5.43. The van der Waals surface area contributed by atoms with E-state index >= 15 is 0 Å². The van der Waals surface area contributed by atoms with Gasteiger partial charge in [-0.05, 0) is 25.7 Å². The van der Waals surface area contributed by atoms with Crippen molar-refractivity contribution in [3.63, 3.8) is 0 Å². The van der Waals surface area contributed by atoms with Crippen LogP contribution in [0.25, 0.3) is 0 Å². The van der Waals surface area contributed by atoms with E-state index < -0.39 is 0 Å². The number of ether oxygens (including phenoxy) is 1. The van der Waals surface area contributed by atoms with Crippen LogP contribution in [-0.2, 0) is 4.74 Å². The lowest BCUT2D eigenvalue weighted by atomic mass is 9.98. The molecule has 60 valence electrons. The summed E-state index contributed by atoms with van der Waals surface area (Å²) in [4.78, 5) is 0. The summed E-state index contributed by atoms with van der Waals surface area (Å²) in [6.45, 7) is 0. The average Bonchev–Trinajstić information content (AvgIpc) is 2.07. The van der Waals surface area contributed by atoms with Gasteiger partial charge in [-0.3, -0.25) is 0 Å². The maximum atomic E-state index is 8.18. The molecule has 0 unspecified atom stereocenters. The minimum Gasteiger partial charge on any atom is -0.497 e. The molecule has 0 aromatic heterocycles. The number of nitrogens with zero attached hydrogens (tertiary/aromatic N) is 1. The van der Waals surface area contributed by atoms with Crippen LogP contribution in [-0.4, -0.2) is 6.10 Å². The highest BCUT2D eigenvalue weighted by Gasteiger charge is 2.12. The largest absolute Gasteiger partial charge is 0.497 e. The Kier molecular flexibility index (Phi) is 3.54. The molecule has 11 heavy (non-hydrogen) atoms. The van der Waals surface area contributed by atoms with Crippen LogP contribution < -0.4 is 0 Å². The molecule has 0 spiro atoms. The minimum atomic E-state index is 0.369. The quantitative estimate of drug-likeness (QED) is 0.448. The Morgan fingerprint density at radius 3 is 2.64 bits per heavy atom. The molecule has 0 amide bonds. The van der Waals surface area contributed by atoms with E-state index in [0.717, 1.165) is 12.8 Å². The summed E-state index contributed by atoms with van der Waals surface area (Å²) < 4.78 is 5.32. The van der Waals surface area contributed by atoms with E-state index in [1.54, 1.807) is 0 Å². The van der Waals surface area contributed by atoms with Gasteiger partial charge in [0.1, 0.15) is 0 Å². The van der Waals surface area contributed by atoms with Crippen LogP contribution >= 0.6 is 0 Å². The normalized spacial score (nSPS) is 19.9. The Bertz CT molecular complexity index is 163. The standard InChI is InChI=1S/C9H13NO/c10-7-4-8-11-9-5-2-1-3-6-9/h4,8-9H,1-3,5-6H2/b8-4+. The summed E-state index contributed by atoms with van der Waals surface area (Å²) in [5.41, 5.74) is 0. The zero-order chi connectivity index (χ0) is 7.94. The van der Waals surface area contributed by atoms with Crippen LogP contribution in [0.2, 0.25) is 0 Å². The van der Waals surface area contributed by atoms with Gasteiger partial charge >= 0.3 is 0 Å². The third-order valence-corrected chi connectivity index (χ3v) is 1.97. The second-order valence-electron chi connectivity index (χ2n) is 2.83. The molecule has 0 heterocycles. The van der Waals surface area contributed by atoms with Gasteiger partial charge in [-0.2, -0.15) is 5.26 Å². The Morgan fingerprint density at radius 2 is 2.00 bits per heavy atom. The van der Waals surface area contributed by atoms with E-state index in [2.05, 4.69) is 0 Å². The predicted octanol–water partition coefficient (Wildman–Crippen LogP) is 2.37. The van der Waals surface area contributed by atoms with E-state index in [-0.39, 0.29) is 0 Å². The smallest absolute Gasteiger partial charge is 0.0978 e. The molecule has 0 radical (unpaired) electrons. The molecule has 0 aliphatic heterocycles. The highest BCUT2D eigenvalue weighted by molar-refractivity contribution is 4.98. The molecule has 1 aliphatic rings. The van der Waals surface area contributed by atoms with Gasteiger partial charge in [-0.15, -0.1) is 0 Å². The van der Waals surface area contributed by atoms with Gasteiger partial charge in [0, 0.05) is 0 Å². The van der Waals surface area contributed by atoms with Gasteiger partial charge in [-0.25, -0.2) is 0 Å². The fourth-order valence-electron chi connectivity index (χ4n) is 1.38. The molecule has 2 heteroatoms. The number of hydrogen-bond acceptors (Lipinski definition) is 2. The van der Waals surface area contributed by atoms with Crippen LogP contribution in [0.15, 0.2) is 12.3 Å². The molecule has 0 aromatic rings. The van der Waals surface area contributed by atoms with Crippen LogP contribution in [0.1, 0.15) is 32.1 Å². The van der Waals surface area contributed by atoms with Crippen molar-refractivity contribution in [1.29, 1.82) is 5.26 Å². The highest BCUT2D eigenvalue weighted by atomic mass is 16.5. The Morgan fingerprint density at radius 1 is 1.27 bits per heavy atom. The second kappa shape index (κ2) is 4.79. The van der Waals surface area contributed by atoms with Crippen LogP contribution in [0.4, 0.5) is 0 Å². The maximum absolute atomic E-state index is 8.18. The Balaban J connectivity index is 2.15. The molecular formula is C9H13NO. The van der Waals surface area contributed by atoms with E-state index in [0.29, 0.717) is 6.10 Å². The molecule has 1 fully saturated rings. The lowest BCUT2D eigenvalue weighted by Crippen LogP contribution is -2.13. The monoisotopic (exact) mass is 151 g/mol. The van der Waals surface area contributed by atoms with Crippen molar-refractivity contribution in [2.75, 3.05) is 0 Å². The van der Waals surface area contributed by atoms with Crippen molar-refractivity contribution in [1.82, 2.24) is 0 Å².